The monoisotopic (exact) mass is 395 g/mol. The molecule has 0 saturated heterocycles. The van der Waals surface area contributed by atoms with Crippen LogP contribution in [0, 0.1) is 13.8 Å². The summed E-state index contributed by atoms with van der Waals surface area (Å²) in [6.07, 6.45) is -0.494. The van der Waals surface area contributed by atoms with Crippen molar-refractivity contribution in [3.63, 3.8) is 0 Å². The van der Waals surface area contributed by atoms with Crippen LogP contribution in [0.25, 0.3) is 10.6 Å². The van der Waals surface area contributed by atoms with E-state index in [4.69, 9.17) is 4.74 Å². The number of anilines is 3. The highest BCUT2D eigenvalue weighted by Gasteiger charge is 2.16. The molecule has 3 N–H and O–H groups in total. The number of aromatic nitrogens is 1. The number of hydrazine groups is 2. The SMILES string of the molecule is Cc1ccccc1-c1nc(C)c(NC(=O)OCc2ccc3c(c2)NNN3C)s1. The molecule has 7 nitrogen and oxygen atoms in total. The number of ether oxygens (including phenoxy) is 1. The number of nitrogens with one attached hydrogen (secondary N) is 3. The molecule has 1 amide bonds. The Kier molecular flexibility index (Phi) is 4.89. The lowest BCUT2D eigenvalue weighted by atomic mass is 10.1. The van der Waals surface area contributed by atoms with Crippen molar-refractivity contribution in [2.75, 3.05) is 22.8 Å². The quantitative estimate of drug-likeness (QED) is 0.605. The van der Waals surface area contributed by atoms with Crippen LogP contribution in [0.5, 0.6) is 0 Å². The second-order valence-corrected chi connectivity index (χ2v) is 7.60. The van der Waals surface area contributed by atoms with E-state index >= 15 is 0 Å². The van der Waals surface area contributed by atoms with Crippen LogP contribution in [0.15, 0.2) is 42.5 Å². The number of benzene rings is 2. The van der Waals surface area contributed by atoms with Crippen molar-refractivity contribution in [2.45, 2.75) is 20.5 Å². The van der Waals surface area contributed by atoms with Gasteiger partial charge in [-0.25, -0.2) is 9.78 Å². The Morgan fingerprint density at radius 1 is 1.25 bits per heavy atom. The number of hydrogen-bond acceptors (Lipinski definition) is 7. The fourth-order valence-electron chi connectivity index (χ4n) is 2.99. The van der Waals surface area contributed by atoms with E-state index in [1.807, 2.05) is 68.4 Å². The predicted molar refractivity (Wildman–Crippen MR) is 112 cm³/mol. The predicted octanol–water partition coefficient (Wildman–Crippen LogP) is 4.46. The third kappa shape index (κ3) is 3.64. The summed E-state index contributed by atoms with van der Waals surface area (Å²) < 4.78 is 5.38. The lowest BCUT2D eigenvalue weighted by Crippen LogP contribution is -2.31. The van der Waals surface area contributed by atoms with Gasteiger partial charge in [-0.1, -0.05) is 41.7 Å². The van der Waals surface area contributed by atoms with E-state index in [9.17, 15) is 4.79 Å². The molecule has 0 spiro atoms. The second-order valence-electron chi connectivity index (χ2n) is 6.60. The van der Waals surface area contributed by atoms with Crippen molar-refractivity contribution in [2.24, 2.45) is 0 Å². The third-order valence-corrected chi connectivity index (χ3v) is 5.64. The number of rotatable bonds is 4. The molecular weight excluding hydrogens is 374 g/mol. The van der Waals surface area contributed by atoms with Gasteiger partial charge >= 0.3 is 6.09 Å². The van der Waals surface area contributed by atoms with Gasteiger partial charge in [0.15, 0.2) is 0 Å². The summed E-state index contributed by atoms with van der Waals surface area (Å²) in [5, 5.41) is 6.27. The highest BCUT2D eigenvalue weighted by atomic mass is 32.1. The minimum Gasteiger partial charge on any atom is -0.444 e. The Balaban J connectivity index is 1.40. The summed E-state index contributed by atoms with van der Waals surface area (Å²) in [6, 6.07) is 13.9. The van der Waals surface area contributed by atoms with Crippen LogP contribution in [0.4, 0.5) is 21.2 Å². The zero-order valence-electron chi connectivity index (χ0n) is 15.9. The Labute approximate surface area is 167 Å². The number of fused-ring (bicyclic) bond motifs is 1. The lowest BCUT2D eigenvalue weighted by Gasteiger charge is -2.10. The van der Waals surface area contributed by atoms with Crippen molar-refractivity contribution >= 4 is 33.8 Å². The average molecular weight is 395 g/mol. The molecule has 144 valence electrons. The van der Waals surface area contributed by atoms with Gasteiger partial charge in [0.25, 0.3) is 0 Å². The van der Waals surface area contributed by atoms with Gasteiger partial charge < -0.3 is 10.2 Å². The molecule has 0 atom stereocenters. The minimum absolute atomic E-state index is 0.188. The minimum atomic E-state index is -0.494. The van der Waals surface area contributed by atoms with Crippen molar-refractivity contribution in [3.8, 4) is 10.6 Å². The van der Waals surface area contributed by atoms with E-state index in [2.05, 4.69) is 21.3 Å². The first-order chi connectivity index (χ1) is 13.5. The molecule has 0 saturated carbocycles. The summed E-state index contributed by atoms with van der Waals surface area (Å²) in [5.74, 6) is 0. The molecule has 0 fully saturated rings. The normalized spacial score (nSPS) is 12.5. The molecule has 1 aliphatic rings. The van der Waals surface area contributed by atoms with E-state index in [0.717, 1.165) is 38.8 Å². The molecule has 2 aromatic carbocycles. The molecule has 0 aliphatic carbocycles. The first-order valence-electron chi connectivity index (χ1n) is 8.87. The smallest absolute Gasteiger partial charge is 0.412 e. The molecule has 8 heteroatoms. The van der Waals surface area contributed by atoms with Crippen LogP contribution in [-0.2, 0) is 11.3 Å². The van der Waals surface area contributed by atoms with E-state index in [1.165, 1.54) is 11.3 Å². The maximum atomic E-state index is 12.2. The highest BCUT2D eigenvalue weighted by Crippen LogP contribution is 2.33. The van der Waals surface area contributed by atoms with Gasteiger partial charge in [-0.2, -0.15) is 0 Å². The maximum Gasteiger partial charge on any atom is 0.412 e. The van der Waals surface area contributed by atoms with Gasteiger partial charge in [0.05, 0.1) is 17.1 Å². The summed E-state index contributed by atoms with van der Waals surface area (Å²) >= 11 is 1.45. The summed E-state index contributed by atoms with van der Waals surface area (Å²) in [7, 11) is 1.92. The van der Waals surface area contributed by atoms with Crippen LogP contribution >= 0.6 is 11.3 Å². The number of carbonyl (C=O) groups excluding carboxylic acids is 1. The van der Waals surface area contributed by atoms with E-state index < -0.39 is 6.09 Å². The zero-order valence-corrected chi connectivity index (χ0v) is 16.7. The van der Waals surface area contributed by atoms with E-state index in [1.54, 1.807) is 0 Å². The van der Waals surface area contributed by atoms with Gasteiger partial charge in [-0.05, 0) is 37.1 Å². The number of nitrogens with zero attached hydrogens (tertiary/aromatic N) is 2. The van der Waals surface area contributed by atoms with Crippen molar-refractivity contribution < 1.29 is 9.53 Å². The number of carbonyl (C=O) groups is 1. The van der Waals surface area contributed by atoms with Crippen LogP contribution in [0.1, 0.15) is 16.8 Å². The molecule has 3 aromatic rings. The number of aryl methyl sites for hydroxylation is 2. The first kappa shape index (κ1) is 18.3. The van der Waals surface area contributed by atoms with Gasteiger partial charge in [-0.15, -0.1) is 5.53 Å². The van der Waals surface area contributed by atoms with Gasteiger partial charge in [0.1, 0.15) is 16.6 Å². The largest absolute Gasteiger partial charge is 0.444 e. The summed E-state index contributed by atoms with van der Waals surface area (Å²) in [4.78, 5) is 16.8. The summed E-state index contributed by atoms with van der Waals surface area (Å²) in [5.41, 5.74) is 11.9. The number of thiazole rings is 1. The van der Waals surface area contributed by atoms with Crippen LogP contribution in [0.3, 0.4) is 0 Å². The molecule has 4 rings (SSSR count). The topological polar surface area (TPSA) is 78.5 Å². The second kappa shape index (κ2) is 7.49. The number of hydrogen-bond donors (Lipinski definition) is 3. The first-order valence-corrected chi connectivity index (χ1v) is 9.68. The van der Waals surface area contributed by atoms with Crippen LogP contribution in [0.2, 0.25) is 0 Å². The zero-order chi connectivity index (χ0) is 19.7. The van der Waals surface area contributed by atoms with Crippen molar-refractivity contribution in [1.29, 1.82) is 0 Å². The molecule has 0 unspecified atom stereocenters. The molecule has 0 bridgehead atoms. The molecule has 1 aromatic heterocycles. The third-order valence-electron chi connectivity index (χ3n) is 4.54. The molecule has 2 heterocycles. The van der Waals surface area contributed by atoms with E-state index in [-0.39, 0.29) is 6.61 Å². The Morgan fingerprint density at radius 3 is 2.89 bits per heavy atom. The van der Waals surface area contributed by atoms with Gasteiger partial charge in [0, 0.05) is 12.6 Å². The lowest BCUT2D eigenvalue weighted by molar-refractivity contribution is 0.155. The molecular formula is C20H21N5O2S. The van der Waals surface area contributed by atoms with Crippen molar-refractivity contribution in [3.05, 3.63) is 59.3 Å². The standard InChI is InChI=1S/C20H21N5O2S/c1-12-6-4-5-7-15(12)19-21-13(2)18(28-19)22-20(26)27-11-14-8-9-17-16(10-14)23-24-25(17)3/h4-10,23-24H,11H2,1-3H3,(H,22,26). The van der Waals surface area contributed by atoms with Crippen LogP contribution in [-0.4, -0.2) is 18.1 Å². The molecule has 28 heavy (non-hydrogen) atoms. The molecule has 0 radical (unpaired) electrons. The van der Waals surface area contributed by atoms with Crippen LogP contribution < -0.4 is 21.3 Å². The maximum absolute atomic E-state index is 12.2. The van der Waals surface area contributed by atoms with E-state index in [0.29, 0.717) is 5.00 Å². The average Bonchev–Trinajstić information content (AvgIpc) is 3.23. The highest BCUT2D eigenvalue weighted by molar-refractivity contribution is 7.19. The Hall–Kier alpha value is -3.10. The van der Waals surface area contributed by atoms with Gasteiger partial charge in [0.2, 0.25) is 0 Å². The molecule has 1 aliphatic heterocycles. The number of amides is 1. The Bertz CT molecular complexity index is 1030. The Morgan fingerprint density at radius 2 is 2.07 bits per heavy atom. The van der Waals surface area contributed by atoms with Crippen molar-refractivity contribution in [1.82, 2.24) is 10.5 Å². The fourth-order valence-corrected chi connectivity index (χ4v) is 4.03. The fraction of sp³-hybridized carbons (Fsp3) is 0.200. The summed E-state index contributed by atoms with van der Waals surface area (Å²) in [6.45, 7) is 4.11. The van der Waals surface area contributed by atoms with Gasteiger partial charge in [-0.3, -0.25) is 10.3 Å².